The first-order chi connectivity index (χ1) is 7.29. The molecule has 15 heavy (non-hydrogen) atoms. The summed E-state index contributed by atoms with van der Waals surface area (Å²) in [5.41, 5.74) is 7.38. The number of nitrogens with zero attached hydrogens (tertiary/aromatic N) is 2. The van der Waals surface area contributed by atoms with Gasteiger partial charge in [0, 0.05) is 23.9 Å². The van der Waals surface area contributed by atoms with Gasteiger partial charge < -0.3 is 10.2 Å². The molecule has 4 nitrogen and oxygen atoms in total. The van der Waals surface area contributed by atoms with Crippen LogP contribution < -0.4 is 5.73 Å². The second-order valence-corrected chi connectivity index (χ2v) is 3.35. The molecule has 2 aromatic rings. The van der Waals surface area contributed by atoms with Crippen LogP contribution in [0.25, 0.3) is 11.5 Å². The molecule has 2 rings (SSSR count). The molecule has 2 heterocycles. The highest BCUT2D eigenvalue weighted by Gasteiger charge is 2.05. The third kappa shape index (κ3) is 2.22. The Balaban J connectivity index is 2.32. The van der Waals surface area contributed by atoms with Crippen LogP contribution in [0.3, 0.4) is 0 Å². The minimum Gasteiger partial charge on any atom is -0.441 e. The Hall–Kier alpha value is -1.68. The summed E-state index contributed by atoms with van der Waals surface area (Å²) in [6, 6.07) is 3.84. The first kappa shape index (κ1) is 9.86. The van der Waals surface area contributed by atoms with Gasteiger partial charge in [0.15, 0.2) is 0 Å². The Bertz CT molecular complexity index is 451. The summed E-state index contributed by atoms with van der Waals surface area (Å²) < 4.78 is 5.43. The Morgan fingerprint density at radius 2 is 2.27 bits per heavy atom. The Kier molecular flexibility index (Phi) is 2.78. The number of aromatic nitrogens is 2. The molecule has 4 heteroatoms. The Labute approximate surface area is 88.2 Å². The minimum absolute atomic E-state index is 0.598. The quantitative estimate of drug-likeness (QED) is 0.821. The summed E-state index contributed by atoms with van der Waals surface area (Å²) in [6.45, 7) is 2.47. The van der Waals surface area contributed by atoms with Crippen LogP contribution in [0.5, 0.6) is 0 Å². The van der Waals surface area contributed by atoms with Gasteiger partial charge in [-0.15, -0.1) is 0 Å². The maximum Gasteiger partial charge on any atom is 0.226 e. The molecule has 2 aromatic heterocycles. The SMILES string of the molecule is Cc1cnc(-c2ccnc(CCN)c2)o1. The second kappa shape index (κ2) is 4.23. The zero-order valence-electron chi connectivity index (χ0n) is 8.60. The van der Waals surface area contributed by atoms with Crippen molar-refractivity contribution in [2.24, 2.45) is 5.73 Å². The van der Waals surface area contributed by atoms with Crippen molar-refractivity contribution in [2.75, 3.05) is 6.54 Å². The average Bonchev–Trinajstić information content (AvgIpc) is 2.66. The fourth-order valence-electron chi connectivity index (χ4n) is 1.38. The standard InChI is InChI=1S/C11H13N3O/c1-8-7-14-11(15-8)9-3-5-13-10(6-9)2-4-12/h3,5-7H,2,4,12H2,1H3. The predicted molar refractivity (Wildman–Crippen MR) is 57.2 cm³/mol. The van der Waals surface area contributed by atoms with Crippen molar-refractivity contribution in [3.63, 3.8) is 0 Å². The van der Waals surface area contributed by atoms with Crippen LogP contribution in [-0.2, 0) is 6.42 Å². The summed E-state index contributed by atoms with van der Waals surface area (Å²) in [5.74, 6) is 1.44. The third-order valence-electron chi connectivity index (χ3n) is 2.09. The van der Waals surface area contributed by atoms with E-state index in [1.54, 1.807) is 12.4 Å². The number of hydrogen-bond donors (Lipinski definition) is 1. The molecule has 0 amide bonds. The van der Waals surface area contributed by atoms with Crippen LogP contribution in [0.15, 0.2) is 28.9 Å². The molecule has 0 aliphatic rings. The lowest BCUT2D eigenvalue weighted by Gasteiger charge is -1.99. The van der Waals surface area contributed by atoms with Crippen molar-refractivity contribution in [1.82, 2.24) is 9.97 Å². The topological polar surface area (TPSA) is 64.9 Å². The molecule has 0 aliphatic heterocycles. The highest BCUT2D eigenvalue weighted by atomic mass is 16.4. The third-order valence-corrected chi connectivity index (χ3v) is 2.09. The normalized spacial score (nSPS) is 10.5. The summed E-state index contributed by atoms with van der Waals surface area (Å²) in [4.78, 5) is 8.37. The van der Waals surface area contributed by atoms with Crippen molar-refractivity contribution < 1.29 is 4.42 Å². The lowest BCUT2D eigenvalue weighted by Crippen LogP contribution is -2.04. The fourth-order valence-corrected chi connectivity index (χ4v) is 1.38. The number of oxazole rings is 1. The van der Waals surface area contributed by atoms with Gasteiger partial charge in [-0.1, -0.05) is 0 Å². The van der Waals surface area contributed by atoms with Crippen molar-refractivity contribution in [3.05, 3.63) is 36.0 Å². The number of pyridine rings is 1. The molecule has 0 aliphatic carbocycles. The number of rotatable bonds is 3. The zero-order valence-corrected chi connectivity index (χ0v) is 8.60. The highest BCUT2D eigenvalue weighted by Crippen LogP contribution is 2.18. The molecule has 0 unspecified atom stereocenters. The van der Waals surface area contributed by atoms with Gasteiger partial charge in [0.25, 0.3) is 0 Å². The molecule has 0 saturated carbocycles. The van der Waals surface area contributed by atoms with E-state index in [1.807, 2.05) is 19.1 Å². The maximum absolute atomic E-state index is 5.47. The molecule has 0 radical (unpaired) electrons. The summed E-state index contributed by atoms with van der Waals surface area (Å²) >= 11 is 0. The van der Waals surface area contributed by atoms with E-state index < -0.39 is 0 Å². The van der Waals surface area contributed by atoms with Crippen molar-refractivity contribution >= 4 is 0 Å². The smallest absolute Gasteiger partial charge is 0.226 e. The van der Waals surface area contributed by atoms with E-state index in [0.29, 0.717) is 12.4 Å². The predicted octanol–water partition coefficient (Wildman–Crippen LogP) is 1.55. The van der Waals surface area contributed by atoms with E-state index in [-0.39, 0.29) is 0 Å². The van der Waals surface area contributed by atoms with Gasteiger partial charge in [0.1, 0.15) is 5.76 Å². The first-order valence-corrected chi connectivity index (χ1v) is 4.87. The van der Waals surface area contributed by atoms with E-state index >= 15 is 0 Å². The Morgan fingerprint density at radius 3 is 2.93 bits per heavy atom. The Morgan fingerprint density at radius 1 is 1.40 bits per heavy atom. The van der Waals surface area contributed by atoms with Gasteiger partial charge in [0.2, 0.25) is 5.89 Å². The van der Waals surface area contributed by atoms with Crippen molar-refractivity contribution in [2.45, 2.75) is 13.3 Å². The highest BCUT2D eigenvalue weighted by molar-refractivity contribution is 5.52. The van der Waals surface area contributed by atoms with Crippen LogP contribution in [0.1, 0.15) is 11.5 Å². The van der Waals surface area contributed by atoms with E-state index in [2.05, 4.69) is 9.97 Å². The molecule has 78 valence electrons. The molecule has 0 atom stereocenters. The molecule has 0 saturated heterocycles. The van der Waals surface area contributed by atoms with Crippen LogP contribution in [0, 0.1) is 6.92 Å². The van der Waals surface area contributed by atoms with E-state index in [4.69, 9.17) is 10.2 Å². The van der Waals surface area contributed by atoms with Crippen LogP contribution in [-0.4, -0.2) is 16.5 Å². The molecular formula is C11H13N3O. The largest absolute Gasteiger partial charge is 0.441 e. The number of hydrogen-bond acceptors (Lipinski definition) is 4. The van der Waals surface area contributed by atoms with Gasteiger partial charge >= 0.3 is 0 Å². The average molecular weight is 203 g/mol. The minimum atomic E-state index is 0.598. The van der Waals surface area contributed by atoms with Crippen molar-refractivity contribution in [3.8, 4) is 11.5 Å². The summed E-state index contributed by atoms with van der Waals surface area (Å²) in [5, 5.41) is 0. The van der Waals surface area contributed by atoms with E-state index in [9.17, 15) is 0 Å². The molecule has 0 spiro atoms. The lowest BCUT2D eigenvalue weighted by atomic mass is 10.2. The van der Waals surface area contributed by atoms with Crippen molar-refractivity contribution in [1.29, 1.82) is 0 Å². The molecule has 0 aromatic carbocycles. The second-order valence-electron chi connectivity index (χ2n) is 3.35. The molecular weight excluding hydrogens is 190 g/mol. The monoisotopic (exact) mass is 203 g/mol. The maximum atomic E-state index is 5.47. The van der Waals surface area contributed by atoms with E-state index in [0.717, 1.165) is 23.4 Å². The zero-order chi connectivity index (χ0) is 10.7. The van der Waals surface area contributed by atoms with Crippen LogP contribution in [0.4, 0.5) is 0 Å². The van der Waals surface area contributed by atoms with Gasteiger partial charge in [-0.25, -0.2) is 4.98 Å². The van der Waals surface area contributed by atoms with Gasteiger partial charge in [-0.3, -0.25) is 4.98 Å². The number of nitrogens with two attached hydrogens (primary N) is 1. The van der Waals surface area contributed by atoms with Gasteiger partial charge in [-0.05, 0) is 25.6 Å². The summed E-state index contributed by atoms with van der Waals surface area (Å²) in [6.07, 6.45) is 4.23. The summed E-state index contributed by atoms with van der Waals surface area (Å²) in [7, 11) is 0. The number of aryl methyl sites for hydroxylation is 1. The van der Waals surface area contributed by atoms with Gasteiger partial charge in [-0.2, -0.15) is 0 Å². The molecule has 0 fully saturated rings. The van der Waals surface area contributed by atoms with Crippen LogP contribution in [0.2, 0.25) is 0 Å². The van der Waals surface area contributed by atoms with Gasteiger partial charge in [0.05, 0.1) is 6.20 Å². The molecule has 2 N–H and O–H groups in total. The van der Waals surface area contributed by atoms with E-state index in [1.165, 1.54) is 0 Å². The molecule has 0 bridgehead atoms. The lowest BCUT2D eigenvalue weighted by molar-refractivity contribution is 0.542. The van der Waals surface area contributed by atoms with Crippen LogP contribution >= 0.6 is 0 Å². The first-order valence-electron chi connectivity index (χ1n) is 4.87. The fraction of sp³-hybridized carbons (Fsp3) is 0.273.